The highest BCUT2D eigenvalue weighted by atomic mass is 16.5. The van der Waals surface area contributed by atoms with E-state index in [1.54, 1.807) is 12.5 Å². The predicted octanol–water partition coefficient (Wildman–Crippen LogP) is 1.70. The smallest absolute Gasteiger partial charge is 0.213 e. The summed E-state index contributed by atoms with van der Waals surface area (Å²) in [7, 11) is 0. The van der Waals surface area contributed by atoms with Crippen molar-refractivity contribution in [2.24, 2.45) is 0 Å². The molecule has 2 rings (SSSR count). The summed E-state index contributed by atoms with van der Waals surface area (Å²) in [5.41, 5.74) is 0.934. The zero-order valence-corrected chi connectivity index (χ0v) is 10.6. The van der Waals surface area contributed by atoms with Gasteiger partial charge in [-0.1, -0.05) is 0 Å². The van der Waals surface area contributed by atoms with Crippen molar-refractivity contribution in [2.75, 3.05) is 11.9 Å². The average Bonchev–Trinajstić information content (AvgIpc) is 2.86. The second kappa shape index (κ2) is 6.00. The molecule has 0 aliphatic rings. The molecule has 18 heavy (non-hydrogen) atoms. The maximum Gasteiger partial charge on any atom is 0.213 e. The van der Waals surface area contributed by atoms with E-state index in [1.807, 2.05) is 30.7 Å². The standard InChI is InChI=1S/C12H17N5O/c1-3-17-11(15-9-16-17)8-13-10-5-6-12(14-7-10)18-4-2/h5-7,9,13H,3-4,8H2,1-2H3. The van der Waals surface area contributed by atoms with Gasteiger partial charge in [-0.05, 0) is 19.9 Å². The Morgan fingerprint density at radius 2 is 2.17 bits per heavy atom. The maximum absolute atomic E-state index is 5.28. The van der Waals surface area contributed by atoms with Crippen LogP contribution in [-0.2, 0) is 13.1 Å². The van der Waals surface area contributed by atoms with Crippen molar-refractivity contribution in [3.8, 4) is 5.88 Å². The second-order valence-corrected chi connectivity index (χ2v) is 3.66. The molecule has 0 radical (unpaired) electrons. The number of hydrogen-bond acceptors (Lipinski definition) is 5. The van der Waals surface area contributed by atoms with Crippen molar-refractivity contribution in [3.05, 3.63) is 30.5 Å². The molecule has 6 heteroatoms. The van der Waals surface area contributed by atoms with Crippen molar-refractivity contribution >= 4 is 5.69 Å². The topological polar surface area (TPSA) is 64.9 Å². The fourth-order valence-corrected chi connectivity index (χ4v) is 1.59. The Kier molecular flexibility index (Phi) is 4.11. The highest BCUT2D eigenvalue weighted by Crippen LogP contribution is 2.12. The molecule has 6 nitrogen and oxygen atoms in total. The first-order chi connectivity index (χ1) is 8.83. The van der Waals surface area contributed by atoms with Crippen molar-refractivity contribution in [2.45, 2.75) is 26.9 Å². The molecule has 0 saturated carbocycles. The van der Waals surface area contributed by atoms with Crippen molar-refractivity contribution in [1.29, 1.82) is 0 Å². The van der Waals surface area contributed by atoms with Crippen LogP contribution in [-0.4, -0.2) is 26.4 Å². The minimum Gasteiger partial charge on any atom is -0.478 e. The van der Waals surface area contributed by atoms with Gasteiger partial charge >= 0.3 is 0 Å². The Hall–Kier alpha value is -2.11. The molecule has 0 fully saturated rings. The van der Waals surface area contributed by atoms with Crippen molar-refractivity contribution in [3.63, 3.8) is 0 Å². The lowest BCUT2D eigenvalue weighted by Crippen LogP contribution is -2.09. The van der Waals surface area contributed by atoms with E-state index in [0.29, 0.717) is 19.0 Å². The number of aryl methyl sites for hydroxylation is 1. The SMILES string of the molecule is CCOc1ccc(NCc2ncnn2CC)cn1. The molecule has 0 spiro atoms. The molecule has 0 aliphatic carbocycles. The van der Waals surface area contributed by atoms with Crippen LogP contribution in [0, 0.1) is 0 Å². The molecule has 1 N–H and O–H groups in total. The van der Waals surface area contributed by atoms with Crippen LogP contribution in [0.4, 0.5) is 5.69 Å². The Morgan fingerprint density at radius 3 is 2.83 bits per heavy atom. The number of nitrogens with zero attached hydrogens (tertiary/aromatic N) is 4. The minimum atomic E-state index is 0.624. The van der Waals surface area contributed by atoms with Crippen molar-refractivity contribution in [1.82, 2.24) is 19.7 Å². The van der Waals surface area contributed by atoms with E-state index < -0.39 is 0 Å². The molecule has 0 saturated heterocycles. The van der Waals surface area contributed by atoms with Gasteiger partial charge < -0.3 is 10.1 Å². The van der Waals surface area contributed by atoms with Crippen LogP contribution in [0.5, 0.6) is 5.88 Å². The number of anilines is 1. The molecule has 96 valence electrons. The minimum absolute atomic E-state index is 0.624. The predicted molar refractivity (Wildman–Crippen MR) is 68.4 cm³/mol. The van der Waals surface area contributed by atoms with E-state index in [-0.39, 0.29) is 0 Å². The van der Waals surface area contributed by atoms with E-state index in [0.717, 1.165) is 18.1 Å². The molecule has 0 amide bonds. The van der Waals surface area contributed by atoms with Gasteiger partial charge in [0, 0.05) is 12.6 Å². The van der Waals surface area contributed by atoms with Crippen LogP contribution in [0.2, 0.25) is 0 Å². The summed E-state index contributed by atoms with van der Waals surface area (Å²) in [5.74, 6) is 1.55. The first kappa shape index (κ1) is 12.3. The van der Waals surface area contributed by atoms with Gasteiger partial charge in [0.1, 0.15) is 12.2 Å². The molecule has 0 unspecified atom stereocenters. The van der Waals surface area contributed by atoms with Gasteiger partial charge in [-0.3, -0.25) is 0 Å². The van der Waals surface area contributed by atoms with Gasteiger partial charge in [0.25, 0.3) is 0 Å². The van der Waals surface area contributed by atoms with Crippen LogP contribution < -0.4 is 10.1 Å². The lowest BCUT2D eigenvalue weighted by molar-refractivity contribution is 0.327. The summed E-state index contributed by atoms with van der Waals surface area (Å²) < 4.78 is 7.14. The van der Waals surface area contributed by atoms with E-state index >= 15 is 0 Å². The van der Waals surface area contributed by atoms with Gasteiger partial charge in [-0.2, -0.15) is 5.10 Å². The van der Waals surface area contributed by atoms with Gasteiger partial charge in [-0.15, -0.1) is 0 Å². The molecular formula is C12H17N5O. The van der Waals surface area contributed by atoms with Crippen LogP contribution in [0.15, 0.2) is 24.7 Å². The molecular weight excluding hydrogens is 230 g/mol. The molecule has 0 aromatic carbocycles. The fourth-order valence-electron chi connectivity index (χ4n) is 1.59. The quantitative estimate of drug-likeness (QED) is 0.841. The third-order valence-corrected chi connectivity index (χ3v) is 2.47. The number of hydrogen-bond donors (Lipinski definition) is 1. The van der Waals surface area contributed by atoms with E-state index in [4.69, 9.17) is 4.74 Å². The van der Waals surface area contributed by atoms with E-state index in [2.05, 4.69) is 20.4 Å². The van der Waals surface area contributed by atoms with Gasteiger partial charge in [-0.25, -0.2) is 14.6 Å². The largest absolute Gasteiger partial charge is 0.478 e. The first-order valence-corrected chi connectivity index (χ1v) is 6.03. The third-order valence-electron chi connectivity index (χ3n) is 2.47. The summed E-state index contributed by atoms with van der Waals surface area (Å²) in [4.78, 5) is 8.38. The normalized spacial score (nSPS) is 10.3. The zero-order valence-electron chi connectivity index (χ0n) is 10.6. The second-order valence-electron chi connectivity index (χ2n) is 3.66. The maximum atomic E-state index is 5.28. The summed E-state index contributed by atoms with van der Waals surface area (Å²) in [5, 5.41) is 7.37. The highest BCUT2D eigenvalue weighted by Gasteiger charge is 2.02. The van der Waals surface area contributed by atoms with E-state index in [9.17, 15) is 0 Å². The molecule has 2 aromatic rings. The summed E-state index contributed by atoms with van der Waals surface area (Å²) in [6.45, 7) is 6.05. The Balaban J connectivity index is 1.94. The molecule has 2 heterocycles. The average molecular weight is 247 g/mol. The Bertz CT molecular complexity index is 479. The fraction of sp³-hybridized carbons (Fsp3) is 0.417. The monoisotopic (exact) mass is 247 g/mol. The van der Waals surface area contributed by atoms with Gasteiger partial charge in [0.2, 0.25) is 5.88 Å². The van der Waals surface area contributed by atoms with Crippen molar-refractivity contribution < 1.29 is 4.74 Å². The van der Waals surface area contributed by atoms with Gasteiger partial charge in [0.15, 0.2) is 0 Å². The number of nitrogens with one attached hydrogen (secondary N) is 1. The lowest BCUT2D eigenvalue weighted by atomic mass is 10.4. The summed E-state index contributed by atoms with van der Waals surface area (Å²) in [6, 6.07) is 3.78. The Morgan fingerprint density at radius 1 is 1.28 bits per heavy atom. The number of pyridine rings is 1. The lowest BCUT2D eigenvalue weighted by Gasteiger charge is -2.07. The molecule has 0 bridgehead atoms. The van der Waals surface area contributed by atoms with Crippen LogP contribution in [0.25, 0.3) is 0 Å². The van der Waals surface area contributed by atoms with Gasteiger partial charge in [0.05, 0.1) is 25.0 Å². The zero-order chi connectivity index (χ0) is 12.8. The number of aromatic nitrogens is 4. The van der Waals surface area contributed by atoms with E-state index in [1.165, 1.54) is 0 Å². The van der Waals surface area contributed by atoms with Crippen LogP contribution in [0.1, 0.15) is 19.7 Å². The number of rotatable bonds is 6. The summed E-state index contributed by atoms with van der Waals surface area (Å²) in [6.07, 6.45) is 3.31. The van der Waals surface area contributed by atoms with Crippen LogP contribution in [0.3, 0.4) is 0 Å². The third kappa shape index (κ3) is 2.97. The molecule has 0 atom stereocenters. The first-order valence-electron chi connectivity index (χ1n) is 6.03. The van der Waals surface area contributed by atoms with Crippen LogP contribution >= 0.6 is 0 Å². The highest BCUT2D eigenvalue weighted by molar-refractivity contribution is 5.41. The molecule has 0 aliphatic heterocycles. The summed E-state index contributed by atoms with van der Waals surface area (Å²) >= 11 is 0. The Labute approximate surface area is 106 Å². The number of ether oxygens (including phenoxy) is 1. The molecule has 2 aromatic heterocycles.